The maximum atomic E-state index is 11.3. The first-order valence-electron chi connectivity index (χ1n) is 8.12. The van der Waals surface area contributed by atoms with E-state index in [9.17, 15) is 4.79 Å². The second-order valence-electron chi connectivity index (χ2n) is 5.97. The highest BCUT2D eigenvalue weighted by Crippen LogP contribution is 2.25. The Morgan fingerprint density at radius 3 is 3.04 bits per heavy atom. The van der Waals surface area contributed by atoms with Gasteiger partial charge in [-0.25, -0.2) is 4.79 Å². The van der Waals surface area contributed by atoms with Crippen molar-refractivity contribution in [1.82, 2.24) is 15.5 Å². The molecule has 1 aliphatic heterocycles. The second-order valence-corrected chi connectivity index (χ2v) is 6.41. The van der Waals surface area contributed by atoms with Crippen LogP contribution in [0.3, 0.4) is 0 Å². The van der Waals surface area contributed by atoms with E-state index in [0.717, 1.165) is 30.0 Å². The molecule has 0 bridgehead atoms. The van der Waals surface area contributed by atoms with Crippen molar-refractivity contribution in [2.24, 2.45) is 0 Å². The summed E-state index contributed by atoms with van der Waals surface area (Å²) in [6.07, 6.45) is 0.00139. The lowest BCUT2D eigenvalue weighted by molar-refractivity contribution is -0.0285. The highest BCUT2D eigenvalue weighted by Gasteiger charge is 2.21. The minimum Gasteiger partial charge on any atom is -0.374 e. The molecule has 1 saturated heterocycles. The van der Waals surface area contributed by atoms with Crippen LogP contribution in [0.2, 0.25) is 5.02 Å². The molecule has 2 N–H and O–H groups in total. The Kier molecular flexibility index (Phi) is 5.56. The third-order valence-corrected chi connectivity index (χ3v) is 4.46. The minimum absolute atomic E-state index is 0.00139. The van der Waals surface area contributed by atoms with Crippen molar-refractivity contribution >= 4 is 28.4 Å². The first-order valence-corrected chi connectivity index (χ1v) is 8.50. The number of carbonyl (C=O) groups excluding carboxylic acids is 1. The van der Waals surface area contributed by atoms with Gasteiger partial charge in [-0.3, -0.25) is 4.90 Å². The van der Waals surface area contributed by atoms with Gasteiger partial charge in [0.1, 0.15) is 0 Å². The van der Waals surface area contributed by atoms with Gasteiger partial charge in [-0.05, 0) is 28.5 Å². The average Bonchev–Trinajstić information content (AvgIpc) is 2.60. The van der Waals surface area contributed by atoms with Crippen molar-refractivity contribution in [3.63, 3.8) is 0 Å². The second kappa shape index (κ2) is 7.83. The van der Waals surface area contributed by atoms with Crippen LogP contribution >= 0.6 is 11.6 Å². The van der Waals surface area contributed by atoms with Gasteiger partial charge >= 0.3 is 6.03 Å². The normalized spacial score (nSPS) is 18.5. The van der Waals surface area contributed by atoms with Gasteiger partial charge in [-0.2, -0.15) is 0 Å². The number of rotatable bonds is 4. The van der Waals surface area contributed by atoms with Gasteiger partial charge in [-0.1, -0.05) is 35.9 Å². The number of benzene rings is 2. The van der Waals surface area contributed by atoms with E-state index in [1.807, 2.05) is 18.2 Å². The smallest absolute Gasteiger partial charge is 0.314 e. The Morgan fingerprint density at radius 2 is 2.21 bits per heavy atom. The van der Waals surface area contributed by atoms with E-state index in [-0.39, 0.29) is 12.1 Å². The van der Waals surface area contributed by atoms with Crippen LogP contribution in [0, 0.1) is 0 Å². The van der Waals surface area contributed by atoms with E-state index < -0.39 is 0 Å². The molecule has 0 spiro atoms. The lowest BCUT2D eigenvalue weighted by Gasteiger charge is -2.33. The largest absolute Gasteiger partial charge is 0.374 e. The molecule has 1 heterocycles. The van der Waals surface area contributed by atoms with Crippen LogP contribution in [0.1, 0.15) is 5.56 Å². The predicted octanol–water partition coefficient (Wildman–Crippen LogP) is 2.62. The molecule has 2 aromatic carbocycles. The number of halogens is 1. The zero-order chi connectivity index (χ0) is 16.9. The molecule has 0 aromatic heterocycles. The van der Waals surface area contributed by atoms with Gasteiger partial charge in [0.05, 0.1) is 12.7 Å². The highest BCUT2D eigenvalue weighted by atomic mass is 35.5. The number of hydrogen-bond acceptors (Lipinski definition) is 3. The van der Waals surface area contributed by atoms with E-state index in [2.05, 4.69) is 33.7 Å². The van der Waals surface area contributed by atoms with Gasteiger partial charge in [0.15, 0.2) is 0 Å². The van der Waals surface area contributed by atoms with Crippen LogP contribution in [-0.2, 0) is 11.3 Å². The fraction of sp³-hybridized carbons (Fsp3) is 0.389. The van der Waals surface area contributed by atoms with Crippen LogP contribution < -0.4 is 10.6 Å². The van der Waals surface area contributed by atoms with Crippen molar-refractivity contribution in [3.05, 3.63) is 47.0 Å². The number of fused-ring (bicyclic) bond motifs is 1. The zero-order valence-corrected chi connectivity index (χ0v) is 14.5. The van der Waals surface area contributed by atoms with Crippen LogP contribution in [-0.4, -0.2) is 50.3 Å². The Hall–Kier alpha value is -1.82. The summed E-state index contributed by atoms with van der Waals surface area (Å²) in [4.78, 5) is 13.6. The summed E-state index contributed by atoms with van der Waals surface area (Å²) < 4.78 is 5.74. The Bertz CT molecular complexity index is 722. The standard InChI is InChI=1S/C18H22ClN3O2/c1-20-18(23)21-10-16-12-22(6-7-24-16)11-14-9-15(19)8-13-4-2-3-5-17(13)14/h2-5,8-9,16H,6-7,10-12H2,1H3,(H2,20,21,23). The van der Waals surface area contributed by atoms with Crippen LogP contribution in [0.5, 0.6) is 0 Å². The van der Waals surface area contributed by atoms with E-state index in [0.29, 0.717) is 13.2 Å². The van der Waals surface area contributed by atoms with E-state index in [4.69, 9.17) is 16.3 Å². The fourth-order valence-electron chi connectivity index (χ4n) is 3.06. The third kappa shape index (κ3) is 4.17. The maximum Gasteiger partial charge on any atom is 0.314 e. The molecule has 0 aliphatic carbocycles. The minimum atomic E-state index is -0.184. The van der Waals surface area contributed by atoms with Crippen molar-refractivity contribution < 1.29 is 9.53 Å². The Labute approximate surface area is 146 Å². The number of ether oxygens (including phenoxy) is 1. The molecule has 1 fully saturated rings. The van der Waals surface area contributed by atoms with Gasteiger partial charge in [0, 0.05) is 38.2 Å². The number of carbonyl (C=O) groups is 1. The topological polar surface area (TPSA) is 53.6 Å². The van der Waals surface area contributed by atoms with Gasteiger partial charge in [0.2, 0.25) is 0 Å². The number of morpholine rings is 1. The summed E-state index contributed by atoms with van der Waals surface area (Å²) in [7, 11) is 1.60. The van der Waals surface area contributed by atoms with Crippen molar-refractivity contribution in [2.45, 2.75) is 12.6 Å². The lowest BCUT2D eigenvalue weighted by atomic mass is 10.0. The molecule has 1 aliphatic rings. The van der Waals surface area contributed by atoms with Gasteiger partial charge in [0.25, 0.3) is 0 Å². The number of nitrogens with zero attached hydrogens (tertiary/aromatic N) is 1. The van der Waals surface area contributed by atoms with Crippen molar-refractivity contribution in [2.75, 3.05) is 33.3 Å². The molecule has 0 radical (unpaired) electrons. The Morgan fingerprint density at radius 1 is 1.38 bits per heavy atom. The fourth-order valence-corrected chi connectivity index (χ4v) is 3.31. The van der Waals surface area contributed by atoms with Crippen molar-refractivity contribution in [3.8, 4) is 0 Å². The third-order valence-electron chi connectivity index (χ3n) is 4.25. The number of amides is 2. The monoisotopic (exact) mass is 347 g/mol. The van der Waals surface area contributed by atoms with E-state index >= 15 is 0 Å². The summed E-state index contributed by atoms with van der Waals surface area (Å²) >= 11 is 6.27. The summed E-state index contributed by atoms with van der Waals surface area (Å²) in [5.41, 5.74) is 1.22. The molecule has 1 atom stereocenters. The zero-order valence-electron chi connectivity index (χ0n) is 13.7. The summed E-state index contributed by atoms with van der Waals surface area (Å²) in [6, 6.07) is 12.1. The van der Waals surface area contributed by atoms with Crippen LogP contribution in [0.15, 0.2) is 36.4 Å². The maximum absolute atomic E-state index is 11.3. The molecule has 5 nitrogen and oxygen atoms in total. The molecule has 128 valence electrons. The van der Waals surface area contributed by atoms with Gasteiger partial charge in [-0.15, -0.1) is 0 Å². The molecular formula is C18H22ClN3O2. The number of nitrogens with one attached hydrogen (secondary N) is 2. The van der Waals surface area contributed by atoms with Gasteiger partial charge < -0.3 is 15.4 Å². The van der Waals surface area contributed by atoms with Crippen molar-refractivity contribution in [1.29, 1.82) is 0 Å². The first-order chi connectivity index (χ1) is 11.7. The number of urea groups is 1. The molecular weight excluding hydrogens is 326 g/mol. The molecule has 2 aromatic rings. The van der Waals surface area contributed by atoms with E-state index in [1.54, 1.807) is 7.05 Å². The first kappa shape index (κ1) is 17.0. The molecule has 0 saturated carbocycles. The average molecular weight is 348 g/mol. The molecule has 24 heavy (non-hydrogen) atoms. The number of hydrogen-bond donors (Lipinski definition) is 2. The van der Waals surface area contributed by atoms with Crippen LogP contribution in [0.4, 0.5) is 4.79 Å². The summed E-state index contributed by atoms with van der Waals surface area (Å²) in [5.74, 6) is 0. The molecule has 2 amide bonds. The molecule has 3 rings (SSSR count). The van der Waals surface area contributed by atoms with Crippen LogP contribution in [0.25, 0.3) is 10.8 Å². The summed E-state index contributed by atoms with van der Waals surface area (Å²) in [5, 5.41) is 8.50. The lowest BCUT2D eigenvalue weighted by Crippen LogP contribution is -2.48. The Balaban J connectivity index is 1.68. The van der Waals surface area contributed by atoms with E-state index in [1.165, 1.54) is 10.9 Å². The molecule has 6 heteroatoms. The summed E-state index contributed by atoms with van der Waals surface area (Å²) in [6.45, 7) is 3.65. The predicted molar refractivity (Wildman–Crippen MR) is 96.4 cm³/mol. The molecule has 1 unspecified atom stereocenters. The SMILES string of the molecule is CNC(=O)NCC1CN(Cc2cc(Cl)cc3ccccc23)CCO1. The quantitative estimate of drug-likeness (QED) is 0.894. The highest BCUT2D eigenvalue weighted by molar-refractivity contribution is 6.31.